The van der Waals surface area contributed by atoms with Gasteiger partial charge in [-0.25, -0.2) is 9.97 Å². The van der Waals surface area contributed by atoms with Crippen LogP contribution in [0.4, 0.5) is 5.82 Å². The molecule has 25 heavy (non-hydrogen) atoms. The summed E-state index contributed by atoms with van der Waals surface area (Å²) in [5.74, 6) is 0.521. The number of anilines is 1. The van der Waals surface area contributed by atoms with E-state index in [1.807, 2.05) is 6.07 Å². The number of nitrogens with one attached hydrogen (secondary N) is 1. The first kappa shape index (κ1) is 14.4. The smallest absolute Gasteiger partial charge is 0.251 e. The molecule has 122 valence electrons. The normalized spacial score (nSPS) is 13.8. The number of amides is 1. The zero-order valence-electron chi connectivity index (χ0n) is 13.2. The van der Waals surface area contributed by atoms with Gasteiger partial charge in [0.05, 0.1) is 10.2 Å². The Morgan fingerprint density at radius 3 is 2.84 bits per heavy atom. The van der Waals surface area contributed by atoms with Gasteiger partial charge in [0.2, 0.25) is 0 Å². The van der Waals surface area contributed by atoms with Crippen LogP contribution in [0.3, 0.4) is 0 Å². The van der Waals surface area contributed by atoms with Crippen LogP contribution in [-0.4, -0.2) is 22.4 Å². The topological polar surface area (TPSA) is 80.9 Å². The quantitative estimate of drug-likeness (QED) is 0.554. The number of carbonyl (C=O) groups excluding carboxylic acids is 1. The van der Waals surface area contributed by atoms with Gasteiger partial charge in [0.1, 0.15) is 12.1 Å². The molecule has 1 aliphatic heterocycles. The Kier molecular flexibility index (Phi) is 3.02. The van der Waals surface area contributed by atoms with Crippen molar-refractivity contribution in [2.45, 2.75) is 6.42 Å². The van der Waals surface area contributed by atoms with Crippen molar-refractivity contribution in [1.82, 2.24) is 15.3 Å². The third-order valence-electron chi connectivity index (χ3n) is 4.65. The summed E-state index contributed by atoms with van der Waals surface area (Å²) in [6.07, 6.45) is 2.38. The predicted octanol–water partition coefficient (Wildman–Crippen LogP) is 3.38. The second kappa shape index (κ2) is 5.26. The molecule has 1 aliphatic rings. The van der Waals surface area contributed by atoms with Crippen LogP contribution < -0.4 is 11.1 Å². The molecule has 0 unspecified atom stereocenters. The molecule has 6 heteroatoms. The molecular formula is C19H14N4OS. The molecule has 5 nitrogen and oxygen atoms in total. The van der Waals surface area contributed by atoms with Crippen LogP contribution in [-0.2, 0) is 6.42 Å². The van der Waals surface area contributed by atoms with Crippen molar-refractivity contribution in [3.05, 3.63) is 53.9 Å². The van der Waals surface area contributed by atoms with Gasteiger partial charge < -0.3 is 11.1 Å². The minimum absolute atomic E-state index is 0.00841. The predicted molar refractivity (Wildman–Crippen MR) is 101 cm³/mol. The number of thiophene rings is 1. The van der Waals surface area contributed by atoms with Crippen molar-refractivity contribution in [3.8, 4) is 11.1 Å². The SMILES string of the molecule is Nc1ncnc2c1sc1cc(-c3ccc4c(c3)C(=O)NCC4)ccc12. The van der Waals surface area contributed by atoms with E-state index in [1.54, 1.807) is 11.3 Å². The van der Waals surface area contributed by atoms with Gasteiger partial charge in [0.15, 0.2) is 0 Å². The molecule has 0 bridgehead atoms. The van der Waals surface area contributed by atoms with Gasteiger partial charge in [-0.3, -0.25) is 4.79 Å². The van der Waals surface area contributed by atoms with Gasteiger partial charge in [-0.15, -0.1) is 11.3 Å². The lowest BCUT2D eigenvalue weighted by molar-refractivity contribution is 0.0946. The van der Waals surface area contributed by atoms with E-state index in [-0.39, 0.29) is 5.91 Å². The minimum atomic E-state index is 0.00841. The van der Waals surface area contributed by atoms with Gasteiger partial charge in [0, 0.05) is 22.2 Å². The first-order valence-electron chi connectivity index (χ1n) is 8.05. The maximum absolute atomic E-state index is 12.1. The third kappa shape index (κ3) is 2.18. The van der Waals surface area contributed by atoms with Crippen LogP contribution in [0.1, 0.15) is 15.9 Å². The van der Waals surface area contributed by atoms with E-state index in [4.69, 9.17) is 5.73 Å². The highest BCUT2D eigenvalue weighted by atomic mass is 32.1. The third-order valence-corrected chi connectivity index (χ3v) is 5.81. The summed E-state index contributed by atoms with van der Waals surface area (Å²) in [6, 6.07) is 12.4. The fourth-order valence-corrected chi connectivity index (χ4v) is 4.46. The van der Waals surface area contributed by atoms with Crippen LogP contribution in [0.2, 0.25) is 0 Å². The zero-order chi connectivity index (χ0) is 17.0. The van der Waals surface area contributed by atoms with Crippen LogP contribution in [0.25, 0.3) is 31.4 Å². The van der Waals surface area contributed by atoms with Gasteiger partial charge in [-0.2, -0.15) is 0 Å². The maximum atomic E-state index is 12.1. The molecule has 3 heterocycles. The van der Waals surface area contributed by atoms with Crippen molar-refractivity contribution in [3.63, 3.8) is 0 Å². The van der Waals surface area contributed by atoms with Crippen molar-refractivity contribution >= 4 is 43.4 Å². The van der Waals surface area contributed by atoms with Gasteiger partial charge in [-0.1, -0.05) is 24.3 Å². The highest BCUT2D eigenvalue weighted by molar-refractivity contribution is 7.26. The monoisotopic (exact) mass is 346 g/mol. The fourth-order valence-electron chi connectivity index (χ4n) is 3.36. The van der Waals surface area contributed by atoms with Crippen LogP contribution >= 0.6 is 11.3 Å². The van der Waals surface area contributed by atoms with Crippen LogP contribution in [0.5, 0.6) is 0 Å². The van der Waals surface area contributed by atoms with E-state index in [0.29, 0.717) is 12.4 Å². The number of rotatable bonds is 1. The van der Waals surface area contributed by atoms with Gasteiger partial charge in [0.25, 0.3) is 5.91 Å². The van der Waals surface area contributed by atoms with Crippen LogP contribution in [0, 0.1) is 0 Å². The average Bonchev–Trinajstić information content (AvgIpc) is 3.01. The van der Waals surface area contributed by atoms with E-state index in [9.17, 15) is 4.79 Å². The average molecular weight is 346 g/mol. The highest BCUT2D eigenvalue weighted by Crippen LogP contribution is 2.37. The Balaban J connectivity index is 1.68. The van der Waals surface area contributed by atoms with Crippen molar-refractivity contribution in [2.75, 3.05) is 12.3 Å². The Bertz CT molecular complexity index is 1160. The number of benzene rings is 2. The molecule has 2 aromatic heterocycles. The van der Waals surface area contributed by atoms with Gasteiger partial charge in [-0.05, 0) is 35.2 Å². The van der Waals surface area contributed by atoms with Crippen molar-refractivity contribution < 1.29 is 4.79 Å². The summed E-state index contributed by atoms with van der Waals surface area (Å²) in [5, 5.41) is 3.98. The summed E-state index contributed by atoms with van der Waals surface area (Å²) in [7, 11) is 0. The fraction of sp³-hybridized carbons (Fsp3) is 0.105. The first-order chi connectivity index (χ1) is 12.2. The molecule has 0 radical (unpaired) electrons. The molecule has 2 aromatic carbocycles. The molecule has 0 spiro atoms. The molecule has 5 rings (SSSR count). The largest absolute Gasteiger partial charge is 0.382 e. The highest BCUT2D eigenvalue weighted by Gasteiger charge is 2.17. The molecule has 0 fully saturated rings. The van der Waals surface area contributed by atoms with E-state index in [2.05, 4.69) is 45.6 Å². The van der Waals surface area contributed by atoms with E-state index in [0.717, 1.165) is 49.0 Å². The number of hydrogen-bond acceptors (Lipinski definition) is 5. The number of nitrogen functional groups attached to an aromatic ring is 1. The Hall–Kier alpha value is -2.99. The van der Waals surface area contributed by atoms with Crippen molar-refractivity contribution in [2.24, 2.45) is 0 Å². The molecule has 0 aliphatic carbocycles. The molecule has 4 aromatic rings. The van der Waals surface area contributed by atoms with E-state index in [1.165, 1.54) is 6.33 Å². The second-order valence-electron chi connectivity index (χ2n) is 6.13. The lowest BCUT2D eigenvalue weighted by Gasteiger charge is -2.17. The van der Waals surface area contributed by atoms with E-state index >= 15 is 0 Å². The second-order valence-corrected chi connectivity index (χ2v) is 7.18. The summed E-state index contributed by atoms with van der Waals surface area (Å²) in [6.45, 7) is 0.710. The molecule has 3 N–H and O–H groups in total. The lowest BCUT2D eigenvalue weighted by atomic mass is 9.95. The molecule has 0 saturated heterocycles. The summed E-state index contributed by atoms with van der Waals surface area (Å²) in [5.41, 5.74) is 10.9. The minimum Gasteiger partial charge on any atom is -0.382 e. The number of carbonyl (C=O) groups is 1. The maximum Gasteiger partial charge on any atom is 0.251 e. The van der Waals surface area contributed by atoms with Gasteiger partial charge >= 0.3 is 0 Å². The van der Waals surface area contributed by atoms with Crippen LogP contribution in [0.15, 0.2) is 42.7 Å². The Morgan fingerprint density at radius 1 is 1.08 bits per heavy atom. The number of aromatic nitrogens is 2. The standard InChI is InChI=1S/C19H14N4OS/c20-18-17-16(22-9-23-18)13-4-3-12(8-15(13)25-17)11-2-1-10-5-6-21-19(24)14(10)7-11/h1-4,7-9H,5-6H2,(H,21,24)(H2,20,22,23). The number of fused-ring (bicyclic) bond motifs is 4. The summed E-state index contributed by atoms with van der Waals surface area (Å²) >= 11 is 1.60. The van der Waals surface area contributed by atoms with E-state index < -0.39 is 0 Å². The van der Waals surface area contributed by atoms with Crippen molar-refractivity contribution in [1.29, 1.82) is 0 Å². The zero-order valence-corrected chi connectivity index (χ0v) is 14.1. The molecule has 0 atom stereocenters. The number of hydrogen-bond donors (Lipinski definition) is 2. The summed E-state index contributed by atoms with van der Waals surface area (Å²) < 4.78 is 2.03. The Labute approximate surface area is 147 Å². The molecule has 1 amide bonds. The first-order valence-corrected chi connectivity index (χ1v) is 8.86. The molecule has 0 saturated carbocycles. The number of nitrogens with zero attached hydrogens (tertiary/aromatic N) is 2. The summed E-state index contributed by atoms with van der Waals surface area (Å²) in [4.78, 5) is 20.5. The Morgan fingerprint density at radius 2 is 1.92 bits per heavy atom. The molecular weight excluding hydrogens is 332 g/mol. The number of nitrogens with two attached hydrogens (primary N) is 1. The lowest BCUT2D eigenvalue weighted by Crippen LogP contribution is -2.31.